The lowest BCUT2D eigenvalue weighted by molar-refractivity contribution is -0.145. The summed E-state index contributed by atoms with van der Waals surface area (Å²) < 4.78 is 18.3. The maximum atomic E-state index is 13.5. The maximum Gasteiger partial charge on any atom is 0.328 e. The zero-order valence-corrected chi connectivity index (χ0v) is 16.6. The zero-order chi connectivity index (χ0) is 22.1. The van der Waals surface area contributed by atoms with Crippen LogP contribution in [0.2, 0.25) is 0 Å². The number of hydrogen-bond acceptors (Lipinski definition) is 5. The largest absolute Gasteiger partial charge is 0.467 e. The van der Waals surface area contributed by atoms with Crippen molar-refractivity contribution in [3.05, 3.63) is 71.0 Å². The molecule has 2 N–H and O–H groups in total. The van der Waals surface area contributed by atoms with Gasteiger partial charge in [0.25, 0.3) is 0 Å². The number of nitrogens with zero attached hydrogens (tertiary/aromatic N) is 1. The lowest BCUT2D eigenvalue weighted by Crippen LogP contribution is -2.53. The average molecular weight is 411 g/mol. The molecule has 0 saturated carbocycles. The van der Waals surface area contributed by atoms with Crippen LogP contribution in [-0.4, -0.2) is 37.0 Å². The van der Waals surface area contributed by atoms with Gasteiger partial charge in [-0.25, -0.2) is 9.18 Å². The lowest BCUT2D eigenvalue weighted by atomic mass is 10.00. The average Bonchev–Trinajstić information content (AvgIpc) is 2.72. The van der Waals surface area contributed by atoms with E-state index in [1.807, 2.05) is 6.07 Å². The summed E-state index contributed by atoms with van der Waals surface area (Å²) in [6, 6.07) is 12.3. The van der Waals surface area contributed by atoms with E-state index < -0.39 is 35.7 Å². The SMILES string of the molecule is COC(=O)[C@@H](Cc1ccccc1C#N)NC(=O)[C@H](Cc1cccc(F)c1)NC(C)=O. The van der Waals surface area contributed by atoms with Gasteiger partial charge in [0.05, 0.1) is 18.7 Å². The number of rotatable bonds is 8. The summed E-state index contributed by atoms with van der Waals surface area (Å²) >= 11 is 0. The minimum Gasteiger partial charge on any atom is -0.467 e. The van der Waals surface area contributed by atoms with E-state index in [1.54, 1.807) is 30.3 Å². The van der Waals surface area contributed by atoms with E-state index in [9.17, 15) is 24.0 Å². The van der Waals surface area contributed by atoms with E-state index in [2.05, 4.69) is 10.6 Å². The molecule has 2 amide bonds. The second-order valence-corrected chi connectivity index (χ2v) is 6.64. The molecule has 7 nitrogen and oxygen atoms in total. The van der Waals surface area contributed by atoms with Gasteiger partial charge in [0.1, 0.15) is 17.9 Å². The van der Waals surface area contributed by atoms with E-state index in [1.165, 1.54) is 32.2 Å². The van der Waals surface area contributed by atoms with Crippen LogP contribution in [0.4, 0.5) is 4.39 Å². The number of benzene rings is 2. The number of ether oxygens (including phenoxy) is 1. The Morgan fingerprint density at radius 1 is 1.07 bits per heavy atom. The molecule has 0 aromatic heterocycles. The third kappa shape index (κ3) is 6.41. The molecule has 0 radical (unpaired) electrons. The highest BCUT2D eigenvalue weighted by Gasteiger charge is 2.28. The summed E-state index contributed by atoms with van der Waals surface area (Å²) in [4.78, 5) is 36.7. The second kappa shape index (κ2) is 10.7. The van der Waals surface area contributed by atoms with E-state index in [0.29, 0.717) is 16.7 Å². The maximum absolute atomic E-state index is 13.5. The van der Waals surface area contributed by atoms with Gasteiger partial charge in [0.2, 0.25) is 11.8 Å². The van der Waals surface area contributed by atoms with Crippen LogP contribution >= 0.6 is 0 Å². The summed E-state index contributed by atoms with van der Waals surface area (Å²) in [5.41, 5.74) is 1.45. The molecule has 0 fully saturated rings. The number of esters is 1. The van der Waals surface area contributed by atoms with Crippen molar-refractivity contribution < 1.29 is 23.5 Å². The molecule has 30 heavy (non-hydrogen) atoms. The molecule has 0 aliphatic heterocycles. The number of nitriles is 1. The minimum atomic E-state index is -1.07. The molecule has 0 aliphatic carbocycles. The number of methoxy groups -OCH3 is 1. The minimum absolute atomic E-state index is 0.0336. The first-order chi connectivity index (χ1) is 14.3. The molecule has 2 atom stereocenters. The van der Waals surface area contributed by atoms with Crippen molar-refractivity contribution >= 4 is 17.8 Å². The third-order valence-electron chi connectivity index (χ3n) is 4.39. The van der Waals surface area contributed by atoms with Crippen molar-refractivity contribution in [3.63, 3.8) is 0 Å². The fourth-order valence-corrected chi connectivity index (χ4v) is 2.99. The molecule has 2 aromatic carbocycles. The fourth-order valence-electron chi connectivity index (χ4n) is 2.99. The van der Waals surface area contributed by atoms with Crippen LogP contribution in [0.15, 0.2) is 48.5 Å². The van der Waals surface area contributed by atoms with Gasteiger partial charge in [-0.1, -0.05) is 30.3 Å². The number of carbonyl (C=O) groups is 3. The summed E-state index contributed by atoms with van der Waals surface area (Å²) in [6.45, 7) is 1.26. The van der Waals surface area contributed by atoms with Crippen LogP contribution in [0.5, 0.6) is 0 Å². The van der Waals surface area contributed by atoms with Gasteiger partial charge in [0.15, 0.2) is 0 Å². The Balaban J connectivity index is 2.22. The number of hydrogen-bond donors (Lipinski definition) is 2. The number of nitrogens with one attached hydrogen (secondary N) is 2. The lowest BCUT2D eigenvalue weighted by Gasteiger charge is -2.22. The van der Waals surface area contributed by atoms with Crippen LogP contribution in [0.3, 0.4) is 0 Å². The normalized spacial score (nSPS) is 12.2. The van der Waals surface area contributed by atoms with Crippen molar-refractivity contribution in [3.8, 4) is 6.07 Å². The Hall–Kier alpha value is -3.73. The molecule has 0 bridgehead atoms. The smallest absolute Gasteiger partial charge is 0.328 e. The van der Waals surface area contributed by atoms with E-state index in [0.717, 1.165) is 0 Å². The molecule has 0 aliphatic rings. The van der Waals surface area contributed by atoms with Crippen molar-refractivity contribution in [1.29, 1.82) is 5.26 Å². The quantitative estimate of drug-likeness (QED) is 0.642. The molecule has 0 spiro atoms. The van der Waals surface area contributed by atoms with Crippen LogP contribution in [-0.2, 0) is 32.0 Å². The van der Waals surface area contributed by atoms with Gasteiger partial charge in [-0.15, -0.1) is 0 Å². The zero-order valence-electron chi connectivity index (χ0n) is 16.6. The Bertz CT molecular complexity index is 971. The van der Waals surface area contributed by atoms with Crippen LogP contribution in [0.1, 0.15) is 23.6 Å². The predicted molar refractivity (Wildman–Crippen MR) is 107 cm³/mol. The first kappa shape index (κ1) is 22.6. The number of amides is 2. The molecule has 0 unspecified atom stereocenters. The van der Waals surface area contributed by atoms with Crippen molar-refractivity contribution in [1.82, 2.24) is 10.6 Å². The summed E-state index contributed by atoms with van der Waals surface area (Å²) in [7, 11) is 1.19. The predicted octanol–water partition coefficient (Wildman–Crippen LogP) is 1.65. The monoisotopic (exact) mass is 411 g/mol. The molecular formula is C22H22FN3O4. The summed E-state index contributed by atoms with van der Waals surface area (Å²) in [6.07, 6.45) is 0.0702. The van der Waals surface area contributed by atoms with E-state index in [-0.39, 0.29) is 12.8 Å². The third-order valence-corrected chi connectivity index (χ3v) is 4.39. The van der Waals surface area contributed by atoms with Gasteiger partial charge in [-0.3, -0.25) is 9.59 Å². The second-order valence-electron chi connectivity index (χ2n) is 6.64. The molecule has 8 heteroatoms. The molecule has 2 aromatic rings. The fraction of sp³-hybridized carbons (Fsp3) is 0.273. The van der Waals surface area contributed by atoms with Crippen molar-refractivity contribution in [2.45, 2.75) is 31.8 Å². The highest BCUT2D eigenvalue weighted by molar-refractivity contribution is 5.90. The first-order valence-electron chi connectivity index (χ1n) is 9.21. The van der Waals surface area contributed by atoms with Crippen molar-refractivity contribution in [2.75, 3.05) is 7.11 Å². The van der Waals surface area contributed by atoms with Crippen LogP contribution < -0.4 is 10.6 Å². The standard InChI is InChI=1S/C22H22FN3O4/c1-14(27)25-19(11-15-6-5-9-18(23)10-15)21(28)26-20(22(29)30-2)12-16-7-3-4-8-17(16)13-24/h3-10,19-20H,11-12H2,1-2H3,(H,25,27)(H,26,28)/t19-,20+/m0/s1. The number of halogens is 1. The Morgan fingerprint density at radius 2 is 1.80 bits per heavy atom. The molecule has 156 valence electrons. The topological polar surface area (TPSA) is 108 Å². The summed E-state index contributed by atoms with van der Waals surface area (Å²) in [5, 5.41) is 14.3. The van der Waals surface area contributed by atoms with Gasteiger partial charge in [-0.05, 0) is 29.3 Å². The molecule has 2 rings (SSSR count). The van der Waals surface area contributed by atoms with Gasteiger partial charge < -0.3 is 15.4 Å². The van der Waals surface area contributed by atoms with Gasteiger partial charge >= 0.3 is 5.97 Å². The highest BCUT2D eigenvalue weighted by Crippen LogP contribution is 2.12. The van der Waals surface area contributed by atoms with Crippen LogP contribution in [0.25, 0.3) is 0 Å². The first-order valence-corrected chi connectivity index (χ1v) is 9.21. The van der Waals surface area contributed by atoms with Crippen molar-refractivity contribution in [2.24, 2.45) is 0 Å². The molecule has 0 saturated heterocycles. The van der Waals surface area contributed by atoms with E-state index >= 15 is 0 Å². The number of carbonyl (C=O) groups excluding carboxylic acids is 3. The molecule has 0 heterocycles. The van der Waals surface area contributed by atoms with Crippen LogP contribution in [0, 0.1) is 17.1 Å². The van der Waals surface area contributed by atoms with E-state index in [4.69, 9.17) is 4.74 Å². The highest BCUT2D eigenvalue weighted by atomic mass is 19.1. The Labute approximate surface area is 173 Å². The summed E-state index contributed by atoms with van der Waals surface area (Å²) in [5.74, 6) is -2.23. The van der Waals surface area contributed by atoms with Gasteiger partial charge in [0, 0.05) is 19.8 Å². The molecular weight excluding hydrogens is 389 g/mol. The Kier molecular flexibility index (Phi) is 8.06. The Morgan fingerprint density at radius 3 is 2.43 bits per heavy atom. The van der Waals surface area contributed by atoms with Gasteiger partial charge in [-0.2, -0.15) is 5.26 Å².